The molecule has 3 rings (SSSR count). The number of hydrogen-bond acceptors (Lipinski definition) is 3. The van der Waals surface area contributed by atoms with Gasteiger partial charge < -0.3 is 5.73 Å². The Bertz CT molecular complexity index is 769. The fourth-order valence-corrected chi connectivity index (χ4v) is 2.14. The van der Waals surface area contributed by atoms with Gasteiger partial charge in [-0.2, -0.15) is 0 Å². The van der Waals surface area contributed by atoms with Crippen LogP contribution in [0.25, 0.3) is 16.9 Å². The van der Waals surface area contributed by atoms with Gasteiger partial charge in [-0.05, 0) is 24.3 Å². The minimum absolute atomic E-state index is 0.313. The maximum absolute atomic E-state index is 14.0. The fourth-order valence-electron chi connectivity index (χ4n) is 1.98. The summed E-state index contributed by atoms with van der Waals surface area (Å²) in [5, 5.41) is 0.445. The van der Waals surface area contributed by atoms with Gasteiger partial charge in [-0.15, -0.1) is 0 Å². The molecule has 1 aromatic carbocycles. The molecule has 0 amide bonds. The van der Waals surface area contributed by atoms with Crippen LogP contribution in [0.4, 0.5) is 10.1 Å². The standard InChI is InChI=1S/C14H10ClFN4/c15-9-1-2-11(16)13(5-9)20-8-19-7-14(20)10-6-18-4-3-12(10)17/h1-8H,(H2,17,18). The number of benzene rings is 1. The van der Waals surface area contributed by atoms with Gasteiger partial charge >= 0.3 is 0 Å². The molecule has 0 spiro atoms. The topological polar surface area (TPSA) is 56.7 Å². The van der Waals surface area contributed by atoms with E-state index in [9.17, 15) is 4.39 Å². The molecule has 6 heteroatoms. The van der Waals surface area contributed by atoms with Crippen LogP contribution in [0.2, 0.25) is 5.02 Å². The van der Waals surface area contributed by atoms with Crippen molar-refractivity contribution in [2.45, 2.75) is 0 Å². The number of anilines is 1. The smallest absolute Gasteiger partial charge is 0.147 e. The summed E-state index contributed by atoms with van der Waals surface area (Å²) >= 11 is 5.93. The second kappa shape index (κ2) is 4.94. The van der Waals surface area contributed by atoms with Crippen LogP contribution in [0.15, 0.2) is 49.2 Å². The van der Waals surface area contributed by atoms with E-state index in [2.05, 4.69) is 9.97 Å². The van der Waals surface area contributed by atoms with Gasteiger partial charge in [0.05, 0.1) is 23.9 Å². The molecule has 0 aliphatic carbocycles. The summed E-state index contributed by atoms with van der Waals surface area (Å²) in [6.45, 7) is 0. The Labute approximate surface area is 119 Å². The number of rotatable bonds is 2. The first-order valence-corrected chi connectivity index (χ1v) is 6.22. The van der Waals surface area contributed by atoms with Crippen LogP contribution in [0, 0.1) is 5.82 Å². The molecule has 0 aliphatic heterocycles. The van der Waals surface area contributed by atoms with Crippen LogP contribution in [0.3, 0.4) is 0 Å². The molecule has 0 aliphatic rings. The highest BCUT2D eigenvalue weighted by Crippen LogP contribution is 2.28. The van der Waals surface area contributed by atoms with Crippen molar-refractivity contribution >= 4 is 17.3 Å². The Kier molecular flexibility index (Phi) is 3.12. The van der Waals surface area contributed by atoms with E-state index in [0.29, 0.717) is 27.7 Å². The first kappa shape index (κ1) is 12.6. The Morgan fingerprint density at radius 1 is 1.15 bits per heavy atom. The Balaban J connectivity index is 2.21. The Hall–Kier alpha value is -2.40. The highest BCUT2D eigenvalue weighted by molar-refractivity contribution is 6.30. The van der Waals surface area contributed by atoms with Gasteiger partial charge in [-0.3, -0.25) is 9.55 Å². The normalized spacial score (nSPS) is 10.7. The van der Waals surface area contributed by atoms with Crippen molar-refractivity contribution in [2.75, 3.05) is 5.73 Å². The molecular weight excluding hydrogens is 279 g/mol. The molecule has 0 saturated heterocycles. The number of aromatic nitrogens is 3. The summed E-state index contributed by atoms with van der Waals surface area (Å²) < 4.78 is 15.6. The number of nitrogens with two attached hydrogens (primary N) is 1. The predicted molar refractivity (Wildman–Crippen MR) is 76.2 cm³/mol. The molecule has 0 radical (unpaired) electrons. The second-order valence-electron chi connectivity index (χ2n) is 4.21. The number of pyridine rings is 1. The molecule has 0 saturated carbocycles. The number of nitrogens with zero attached hydrogens (tertiary/aromatic N) is 3. The summed E-state index contributed by atoms with van der Waals surface area (Å²) in [6, 6.07) is 6.03. The van der Waals surface area contributed by atoms with E-state index in [1.54, 1.807) is 29.2 Å². The monoisotopic (exact) mass is 288 g/mol. The second-order valence-corrected chi connectivity index (χ2v) is 4.64. The van der Waals surface area contributed by atoms with E-state index in [1.807, 2.05) is 0 Å². The molecule has 100 valence electrons. The lowest BCUT2D eigenvalue weighted by Crippen LogP contribution is -2.00. The maximum Gasteiger partial charge on any atom is 0.147 e. The third kappa shape index (κ3) is 2.12. The molecule has 20 heavy (non-hydrogen) atoms. The van der Waals surface area contributed by atoms with Gasteiger partial charge in [0.15, 0.2) is 0 Å². The van der Waals surface area contributed by atoms with Crippen molar-refractivity contribution in [1.82, 2.24) is 14.5 Å². The quantitative estimate of drug-likeness (QED) is 0.787. The van der Waals surface area contributed by atoms with E-state index in [-0.39, 0.29) is 0 Å². The van der Waals surface area contributed by atoms with Gasteiger partial charge in [0.1, 0.15) is 5.82 Å². The number of hydrogen-bond donors (Lipinski definition) is 1. The molecule has 0 atom stereocenters. The van der Waals surface area contributed by atoms with Crippen LogP contribution in [0.5, 0.6) is 0 Å². The van der Waals surface area contributed by atoms with E-state index in [0.717, 1.165) is 0 Å². The average Bonchev–Trinajstić information content (AvgIpc) is 2.91. The van der Waals surface area contributed by atoms with E-state index < -0.39 is 5.82 Å². The summed E-state index contributed by atoms with van der Waals surface area (Å²) in [4.78, 5) is 8.09. The molecule has 0 unspecified atom stereocenters. The zero-order chi connectivity index (χ0) is 14.1. The molecule has 0 bridgehead atoms. The van der Waals surface area contributed by atoms with E-state index in [4.69, 9.17) is 17.3 Å². The molecular formula is C14H10ClFN4. The molecule has 2 aromatic heterocycles. The summed E-state index contributed by atoms with van der Waals surface area (Å²) in [5.41, 5.74) is 8.12. The Morgan fingerprint density at radius 2 is 2.00 bits per heavy atom. The lowest BCUT2D eigenvalue weighted by Gasteiger charge is -2.11. The highest BCUT2D eigenvalue weighted by Gasteiger charge is 2.13. The van der Waals surface area contributed by atoms with Gasteiger partial charge in [-0.25, -0.2) is 9.37 Å². The minimum atomic E-state index is -0.392. The summed E-state index contributed by atoms with van der Waals surface area (Å²) in [6.07, 6.45) is 6.33. The molecule has 2 N–H and O–H groups in total. The van der Waals surface area contributed by atoms with Crippen molar-refractivity contribution in [1.29, 1.82) is 0 Å². The van der Waals surface area contributed by atoms with Gasteiger partial charge in [0, 0.05) is 28.7 Å². The fraction of sp³-hybridized carbons (Fsp3) is 0. The van der Waals surface area contributed by atoms with Crippen molar-refractivity contribution in [2.24, 2.45) is 0 Å². The molecule has 2 heterocycles. The van der Waals surface area contributed by atoms with Crippen molar-refractivity contribution < 1.29 is 4.39 Å². The van der Waals surface area contributed by atoms with E-state index >= 15 is 0 Å². The SMILES string of the molecule is Nc1ccncc1-c1cncn1-c1cc(Cl)ccc1F. The largest absolute Gasteiger partial charge is 0.398 e. The third-order valence-corrected chi connectivity index (χ3v) is 3.17. The molecule has 3 aromatic rings. The number of nitrogen functional groups attached to an aromatic ring is 1. The number of halogens is 2. The lowest BCUT2D eigenvalue weighted by atomic mass is 10.2. The van der Waals surface area contributed by atoms with Crippen LogP contribution in [0.1, 0.15) is 0 Å². The van der Waals surface area contributed by atoms with Crippen LogP contribution < -0.4 is 5.73 Å². The number of imidazole rings is 1. The van der Waals surface area contributed by atoms with Gasteiger partial charge in [0.2, 0.25) is 0 Å². The average molecular weight is 289 g/mol. The zero-order valence-electron chi connectivity index (χ0n) is 10.3. The lowest BCUT2D eigenvalue weighted by molar-refractivity contribution is 0.618. The molecule has 4 nitrogen and oxygen atoms in total. The van der Waals surface area contributed by atoms with Crippen molar-refractivity contribution in [3.8, 4) is 16.9 Å². The first-order valence-electron chi connectivity index (χ1n) is 5.84. The first-order chi connectivity index (χ1) is 9.66. The Morgan fingerprint density at radius 3 is 2.80 bits per heavy atom. The van der Waals surface area contributed by atoms with Crippen LogP contribution >= 0.6 is 11.6 Å². The highest BCUT2D eigenvalue weighted by atomic mass is 35.5. The van der Waals surface area contributed by atoms with Crippen LogP contribution in [-0.2, 0) is 0 Å². The molecule has 0 fully saturated rings. The predicted octanol–water partition coefficient (Wildman–Crippen LogP) is 3.31. The third-order valence-electron chi connectivity index (χ3n) is 2.94. The summed E-state index contributed by atoms with van der Waals surface area (Å²) in [7, 11) is 0. The van der Waals surface area contributed by atoms with E-state index in [1.165, 1.54) is 24.5 Å². The van der Waals surface area contributed by atoms with Crippen molar-refractivity contribution in [3.63, 3.8) is 0 Å². The maximum atomic E-state index is 14.0. The van der Waals surface area contributed by atoms with Gasteiger partial charge in [-0.1, -0.05) is 11.6 Å². The zero-order valence-corrected chi connectivity index (χ0v) is 11.0. The van der Waals surface area contributed by atoms with Crippen LogP contribution in [-0.4, -0.2) is 14.5 Å². The minimum Gasteiger partial charge on any atom is -0.398 e. The summed E-state index contributed by atoms with van der Waals surface area (Å²) in [5.74, 6) is -0.392. The van der Waals surface area contributed by atoms with Crippen molar-refractivity contribution in [3.05, 3.63) is 60.0 Å². The van der Waals surface area contributed by atoms with Gasteiger partial charge in [0.25, 0.3) is 0 Å².